The smallest absolute Gasteiger partial charge is 0.326 e. The molecule has 0 amide bonds. The minimum Gasteiger partial charge on any atom is -0.461 e. The molecule has 6 heteroatoms. The lowest BCUT2D eigenvalue weighted by atomic mass is 9.87. The van der Waals surface area contributed by atoms with Crippen LogP contribution in [0.3, 0.4) is 0 Å². The van der Waals surface area contributed by atoms with E-state index in [0.717, 1.165) is 16.7 Å². The molecule has 0 N–H and O–H groups in total. The average molecular weight is 893 g/mol. The summed E-state index contributed by atoms with van der Waals surface area (Å²) < 4.78 is 17.2. The maximum Gasteiger partial charge on any atom is 0.326 e. The van der Waals surface area contributed by atoms with E-state index >= 15 is 0 Å². The van der Waals surface area contributed by atoms with Gasteiger partial charge in [0.05, 0.1) is 11.0 Å². The fourth-order valence-electron chi connectivity index (χ4n) is 23.7. The van der Waals surface area contributed by atoms with Crippen molar-refractivity contribution in [3.05, 3.63) is 0 Å². The number of cyclic esters (lactones) is 2. The minimum absolute atomic E-state index is 0.0421. The van der Waals surface area contributed by atoms with E-state index in [1.54, 1.807) is 86.2 Å². The molecule has 0 unspecified atom stereocenters. The van der Waals surface area contributed by atoms with Gasteiger partial charge in [-0.2, -0.15) is 0 Å². The second-order valence-corrected chi connectivity index (χ2v) is 25.0. The summed E-state index contributed by atoms with van der Waals surface area (Å²) in [4.78, 5) is 30.0. The Morgan fingerprint density at radius 2 is 0.333 bits per heavy atom. The number of ether oxygens (including phenoxy) is 2. The third-order valence-electron chi connectivity index (χ3n) is 24.2. The van der Waals surface area contributed by atoms with E-state index in [2.05, 4.69) is 9.13 Å². The number of benzene rings is 18. The van der Waals surface area contributed by atoms with Gasteiger partial charge in [-0.15, -0.1) is 0 Å². The van der Waals surface area contributed by atoms with Gasteiger partial charge in [0.15, 0.2) is 0 Å². The number of aromatic nitrogens is 2. The van der Waals surface area contributed by atoms with E-state index in [9.17, 15) is 9.59 Å². The highest BCUT2D eigenvalue weighted by Gasteiger charge is 2.51. The first kappa shape index (κ1) is 27.2. The molecule has 1 aliphatic heterocycles. The monoisotopic (exact) mass is 892 g/mol. The Hall–Kier alpha value is -9.26. The second-order valence-electron chi connectivity index (χ2n) is 25.0. The highest BCUT2D eigenvalue weighted by atomic mass is 16.6. The summed E-state index contributed by atoms with van der Waals surface area (Å²) in [5, 5.41) is 84.2. The van der Waals surface area contributed by atoms with Crippen LogP contribution in [0.2, 0.25) is 0 Å². The van der Waals surface area contributed by atoms with E-state index in [1.165, 1.54) is 221 Å². The van der Waals surface area contributed by atoms with Crippen molar-refractivity contribution in [3.8, 4) is 0 Å². The number of nitrogens with zero attached hydrogens (tertiary/aromatic N) is 2. The normalized spacial score (nSPS) is 18.3. The molecule has 0 radical (unpaired) electrons. The Kier molecular flexibility index (Phi) is 2.42. The first-order chi connectivity index (χ1) is 35.8. The highest BCUT2D eigenvalue weighted by molar-refractivity contribution is 6.84. The molecule has 0 saturated heterocycles. The Labute approximate surface area is 388 Å². The fraction of sp³-hybridized carbons (Fsp3) is 0.0606. The maximum absolute atomic E-state index is 15.0. The van der Waals surface area contributed by atoms with Crippen LogP contribution in [0, 0.1) is 0 Å². The van der Waals surface area contributed by atoms with Crippen LogP contribution in [0.25, 0.3) is 324 Å². The van der Waals surface area contributed by atoms with Gasteiger partial charge in [-0.05, 0) is 0 Å². The second kappa shape index (κ2) is 6.39. The van der Waals surface area contributed by atoms with E-state index in [1.807, 2.05) is 0 Å². The van der Waals surface area contributed by atoms with Gasteiger partial charge in [0.25, 0.3) is 0 Å². The molecule has 0 spiro atoms. The molecule has 5 bridgehead atoms. The van der Waals surface area contributed by atoms with Crippen LogP contribution in [0.5, 0.6) is 0 Å². The number of hydrogen-bond donors (Lipinski definition) is 0. The van der Waals surface area contributed by atoms with E-state index < -0.39 is 0 Å². The molecule has 29 aromatic carbocycles. The van der Waals surface area contributed by atoms with Crippen LogP contribution in [0.4, 0.5) is 0 Å². The van der Waals surface area contributed by atoms with Crippen LogP contribution in [-0.2, 0) is 32.2 Å². The van der Waals surface area contributed by atoms with Crippen LogP contribution >= 0.6 is 0 Å². The van der Waals surface area contributed by atoms with E-state index in [0.29, 0.717) is 0 Å². The lowest BCUT2D eigenvalue weighted by molar-refractivity contribution is -0.152. The molecule has 306 valence electrons. The largest absolute Gasteiger partial charge is 0.461 e. The van der Waals surface area contributed by atoms with Crippen molar-refractivity contribution < 1.29 is 19.1 Å². The molecule has 32 aromatic rings. The summed E-state index contributed by atoms with van der Waals surface area (Å²) in [7, 11) is 0. The van der Waals surface area contributed by atoms with Gasteiger partial charge in [0.2, 0.25) is 0 Å². The minimum atomic E-state index is -0.282. The van der Waals surface area contributed by atoms with Crippen molar-refractivity contribution in [3.63, 3.8) is 0 Å². The van der Waals surface area contributed by atoms with Crippen molar-refractivity contribution in [2.75, 3.05) is 13.2 Å². The van der Waals surface area contributed by atoms with Crippen molar-refractivity contribution in [1.82, 2.24) is 9.13 Å². The first-order valence-electron chi connectivity index (χ1n) is 26.1. The molecule has 33 rings (SSSR count). The first-order valence-corrected chi connectivity index (χ1v) is 26.1. The van der Waals surface area contributed by atoms with Gasteiger partial charge in [-0.25, -0.2) is 0 Å². The van der Waals surface area contributed by atoms with Crippen molar-refractivity contribution >= 4 is 336 Å². The molecule has 6 nitrogen and oxygen atoms in total. The predicted octanol–water partition coefficient (Wildman–Crippen LogP) is 16.6. The summed E-state index contributed by atoms with van der Waals surface area (Å²) in [6, 6.07) is 0. The third-order valence-corrected chi connectivity index (χ3v) is 24.2. The van der Waals surface area contributed by atoms with Gasteiger partial charge in [-0.1, -0.05) is 0 Å². The number of carbonyl (C=O) groups excluding carboxylic acids is 2. The molecule has 1 aliphatic rings. The summed E-state index contributed by atoms with van der Waals surface area (Å²) in [5.41, 5.74) is 3.30. The lowest BCUT2D eigenvalue weighted by Gasteiger charge is -2.17. The molecular weight excluding hydrogens is 885 g/mol. The summed E-state index contributed by atoms with van der Waals surface area (Å²) in [6.07, 6.45) is 0. The zero-order valence-corrected chi connectivity index (χ0v) is 36.4. The Morgan fingerprint density at radius 3 is 0.514 bits per heavy atom. The molecule has 72 heavy (non-hydrogen) atoms. The number of esters is 2. The quantitative estimate of drug-likeness (QED) is 0.112. The number of carbonyl (C=O) groups is 2. The molecule has 0 saturated carbocycles. The summed E-state index contributed by atoms with van der Waals surface area (Å²) in [5.74, 6) is -0.565. The van der Waals surface area contributed by atoms with Crippen LogP contribution in [0.1, 0.15) is 0 Å². The zero-order valence-electron chi connectivity index (χ0n) is 36.4. The zero-order chi connectivity index (χ0) is 43.2. The summed E-state index contributed by atoms with van der Waals surface area (Å²) in [6.45, 7) is 0.175. The van der Waals surface area contributed by atoms with E-state index in [4.69, 9.17) is 9.47 Å². The highest BCUT2D eigenvalue weighted by Crippen LogP contribution is 2.79. The molecule has 0 aliphatic carbocycles. The SMILES string of the molecule is O=C1Cn2c3c4c5c6c7c8c9c%10c%11c%12c%13c%10c%10c8c8c%14c%10c%10c%13c%13c%15c%12c%12c%16c%11c%11c9c7c7c9c%11c%16c%11c%16c%12c%15c%12c%15c%13c%10c%10c%14c(c4c86)c4c%10c%15c6c%12c%16c8c%11c9c(c75)c3c8c6n(c42)CC(=O)OCCO1. The van der Waals surface area contributed by atoms with E-state index in [-0.39, 0.29) is 38.2 Å². The van der Waals surface area contributed by atoms with Crippen molar-refractivity contribution in [2.24, 2.45) is 0 Å². The topological polar surface area (TPSA) is 62.5 Å². The van der Waals surface area contributed by atoms with Gasteiger partial charge in [-0.3, -0.25) is 9.59 Å². The standard InChI is InChI=1S/C66H8N2O4/c69-5-3-67-64-59-51-41-31-21-13-8-7-9-11-10(8)19-23(21)33-37-27(19)28-20(11)24-22-14(9)18-16-12(7)15-17(13)29(31)39-35-25(15)26(16)36-40-30(18)32(22)42-46-34(24)38(28)48-47(37)57(55(59)45(33)41)63-58(48)56(46)60-52(42)50(40)54-44(36)43(35)53(49(39)51)61(64)62(54)65(60)68(66(63)67)4-6(70)72-2-1-71-5/h1-4H2. The number of hydrogen-bond acceptors (Lipinski definition) is 4. The Morgan fingerprint density at radius 1 is 0.194 bits per heavy atom. The molecule has 0 fully saturated rings. The molecule has 4 heterocycles. The van der Waals surface area contributed by atoms with Gasteiger partial charge < -0.3 is 18.6 Å². The van der Waals surface area contributed by atoms with Crippen LogP contribution in [-0.4, -0.2) is 34.3 Å². The van der Waals surface area contributed by atoms with Crippen molar-refractivity contribution in [2.45, 2.75) is 13.1 Å². The maximum atomic E-state index is 15.0. The Bertz CT molecular complexity index is 7440. The predicted molar refractivity (Wildman–Crippen MR) is 296 cm³/mol. The van der Waals surface area contributed by atoms with Gasteiger partial charge in [0, 0.05) is 307 Å². The Balaban J connectivity index is 1.22. The molecule has 3 aromatic heterocycles. The van der Waals surface area contributed by atoms with Gasteiger partial charge in [0.1, 0.15) is 32.0 Å². The van der Waals surface area contributed by atoms with Crippen LogP contribution < -0.4 is 0 Å². The lowest BCUT2D eigenvalue weighted by Crippen LogP contribution is -2.17. The fourth-order valence-corrected chi connectivity index (χ4v) is 23.7. The van der Waals surface area contributed by atoms with Crippen molar-refractivity contribution in [1.29, 1.82) is 0 Å². The third kappa shape index (κ3) is 1.55. The summed E-state index contributed by atoms with van der Waals surface area (Å²) >= 11 is 0. The molecule has 0 atom stereocenters. The van der Waals surface area contributed by atoms with Crippen LogP contribution in [0.15, 0.2) is 0 Å². The number of rotatable bonds is 0. The average Bonchev–Trinajstić information content (AvgIpc) is 4.35. The molecular formula is C66H8N2O4. The van der Waals surface area contributed by atoms with Gasteiger partial charge >= 0.3 is 11.9 Å².